The van der Waals surface area contributed by atoms with Crippen LogP contribution in [0.2, 0.25) is 0 Å². The molecule has 1 aromatic rings. The first-order valence-corrected chi connectivity index (χ1v) is 4.38. The summed E-state index contributed by atoms with van der Waals surface area (Å²) in [7, 11) is 0. The summed E-state index contributed by atoms with van der Waals surface area (Å²) in [4.78, 5) is 21.0. The Morgan fingerprint density at radius 1 is 1.53 bits per heavy atom. The molecule has 6 heteroatoms. The van der Waals surface area contributed by atoms with Gasteiger partial charge < -0.3 is 10.4 Å². The third-order valence-electron chi connectivity index (χ3n) is 2.39. The van der Waals surface area contributed by atoms with Gasteiger partial charge in [-0.2, -0.15) is 0 Å². The van der Waals surface area contributed by atoms with Crippen molar-refractivity contribution in [3.8, 4) is 0 Å². The maximum Gasteiger partial charge on any atom is 0.342 e. The lowest BCUT2D eigenvalue weighted by molar-refractivity contribution is -0.385. The topological polar surface area (TPSA) is 92.5 Å². The van der Waals surface area contributed by atoms with Crippen molar-refractivity contribution in [2.75, 3.05) is 11.9 Å². The Labute approximate surface area is 84.7 Å². The lowest BCUT2D eigenvalue weighted by Crippen LogP contribution is -2.05. The highest BCUT2D eigenvalue weighted by Gasteiger charge is 2.28. The van der Waals surface area contributed by atoms with Gasteiger partial charge in [0, 0.05) is 12.2 Å². The van der Waals surface area contributed by atoms with E-state index in [1.165, 1.54) is 6.07 Å². The van der Waals surface area contributed by atoms with Gasteiger partial charge in [-0.3, -0.25) is 10.1 Å². The highest BCUT2D eigenvalue weighted by atomic mass is 16.6. The Bertz CT molecular complexity index is 456. The molecule has 0 radical (unpaired) electrons. The number of nitrogens with zero attached hydrogens (tertiary/aromatic N) is 1. The molecular formula is C9H8N2O4. The molecule has 1 aliphatic heterocycles. The van der Waals surface area contributed by atoms with Gasteiger partial charge in [-0.05, 0) is 18.6 Å². The Morgan fingerprint density at radius 3 is 2.87 bits per heavy atom. The maximum absolute atomic E-state index is 10.8. The number of nitro groups is 1. The average Bonchev–Trinajstić information content (AvgIpc) is 2.62. The summed E-state index contributed by atoms with van der Waals surface area (Å²) in [5.74, 6) is -1.27. The van der Waals surface area contributed by atoms with E-state index < -0.39 is 10.9 Å². The van der Waals surface area contributed by atoms with E-state index in [4.69, 9.17) is 5.11 Å². The normalized spacial score (nSPS) is 13.1. The number of hydrogen-bond acceptors (Lipinski definition) is 4. The molecule has 0 bridgehead atoms. The summed E-state index contributed by atoms with van der Waals surface area (Å²) >= 11 is 0. The Hall–Kier alpha value is -2.11. The first-order chi connectivity index (χ1) is 7.11. The van der Waals surface area contributed by atoms with E-state index in [0.717, 1.165) is 0 Å². The van der Waals surface area contributed by atoms with Gasteiger partial charge in [0.15, 0.2) is 0 Å². The number of carboxylic acid groups (broad SMARTS) is 1. The summed E-state index contributed by atoms with van der Waals surface area (Å²) < 4.78 is 0. The minimum Gasteiger partial charge on any atom is -0.477 e. The van der Waals surface area contributed by atoms with Crippen LogP contribution in [-0.2, 0) is 6.42 Å². The van der Waals surface area contributed by atoms with Gasteiger partial charge in [0.2, 0.25) is 0 Å². The zero-order chi connectivity index (χ0) is 11.0. The Kier molecular flexibility index (Phi) is 2.03. The van der Waals surface area contributed by atoms with Crippen LogP contribution in [0.15, 0.2) is 12.1 Å². The van der Waals surface area contributed by atoms with Crippen molar-refractivity contribution in [2.45, 2.75) is 6.42 Å². The van der Waals surface area contributed by atoms with Crippen molar-refractivity contribution >= 4 is 17.3 Å². The zero-order valence-electron chi connectivity index (χ0n) is 7.69. The van der Waals surface area contributed by atoms with Crippen molar-refractivity contribution in [3.05, 3.63) is 33.4 Å². The molecule has 0 unspecified atom stereocenters. The van der Waals surface area contributed by atoms with E-state index in [0.29, 0.717) is 24.2 Å². The molecule has 2 rings (SSSR count). The van der Waals surface area contributed by atoms with E-state index in [-0.39, 0.29) is 11.3 Å². The van der Waals surface area contributed by atoms with Crippen molar-refractivity contribution in [1.29, 1.82) is 0 Å². The van der Waals surface area contributed by atoms with Gasteiger partial charge in [-0.15, -0.1) is 0 Å². The Morgan fingerprint density at radius 2 is 2.27 bits per heavy atom. The van der Waals surface area contributed by atoms with Crippen molar-refractivity contribution in [1.82, 2.24) is 0 Å². The van der Waals surface area contributed by atoms with Crippen LogP contribution in [0.1, 0.15) is 15.9 Å². The van der Waals surface area contributed by atoms with Crippen LogP contribution in [0.5, 0.6) is 0 Å². The second-order valence-electron chi connectivity index (χ2n) is 3.23. The molecule has 0 aliphatic carbocycles. The molecule has 1 aliphatic rings. The Balaban J connectivity index is 2.69. The molecule has 78 valence electrons. The minimum absolute atomic E-state index is 0.248. The van der Waals surface area contributed by atoms with Crippen LogP contribution in [0.3, 0.4) is 0 Å². The second-order valence-corrected chi connectivity index (χ2v) is 3.23. The first-order valence-electron chi connectivity index (χ1n) is 4.38. The molecule has 0 atom stereocenters. The number of nitro benzene ring substituents is 1. The number of fused-ring (bicyclic) bond motifs is 1. The van der Waals surface area contributed by atoms with Crippen LogP contribution < -0.4 is 5.32 Å². The molecule has 1 aromatic carbocycles. The molecule has 0 saturated carbocycles. The average molecular weight is 208 g/mol. The second kappa shape index (κ2) is 3.23. The fourth-order valence-electron chi connectivity index (χ4n) is 1.76. The molecule has 0 fully saturated rings. The molecule has 2 N–H and O–H groups in total. The number of carboxylic acids is 1. The summed E-state index contributed by atoms with van der Waals surface area (Å²) in [5.41, 5.74) is 0.610. The third kappa shape index (κ3) is 1.39. The van der Waals surface area contributed by atoms with Gasteiger partial charge in [0.1, 0.15) is 5.56 Å². The largest absolute Gasteiger partial charge is 0.477 e. The first kappa shape index (κ1) is 9.45. The molecule has 1 heterocycles. The van der Waals surface area contributed by atoms with E-state index >= 15 is 0 Å². The smallest absolute Gasteiger partial charge is 0.342 e. The summed E-state index contributed by atoms with van der Waals surface area (Å²) in [6.45, 7) is 0.610. The van der Waals surface area contributed by atoms with Crippen LogP contribution in [0.4, 0.5) is 11.4 Å². The highest BCUT2D eigenvalue weighted by molar-refractivity contribution is 5.94. The molecule has 15 heavy (non-hydrogen) atoms. The lowest BCUT2D eigenvalue weighted by atomic mass is 10.0. The van der Waals surface area contributed by atoms with E-state index in [2.05, 4.69) is 5.32 Å². The molecular weight excluding hydrogens is 200 g/mol. The predicted octanol–water partition coefficient (Wildman–Crippen LogP) is 1.26. The lowest BCUT2D eigenvalue weighted by Gasteiger charge is -2.03. The van der Waals surface area contributed by atoms with Gasteiger partial charge in [0.05, 0.1) is 10.5 Å². The quantitative estimate of drug-likeness (QED) is 0.563. The summed E-state index contributed by atoms with van der Waals surface area (Å²) in [6.07, 6.45) is 0.493. The number of hydrogen-bond donors (Lipinski definition) is 2. The summed E-state index contributed by atoms with van der Waals surface area (Å²) in [6, 6.07) is 2.83. The zero-order valence-corrected chi connectivity index (χ0v) is 7.69. The molecule has 0 spiro atoms. The van der Waals surface area contributed by atoms with Crippen molar-refractivity contribution in [2.24, 2.45) is 0 Å². The van der Waals surface area contributed by atoms with Crippen molar-refractivity contribution in [3.63, 3.8) is 0 Å². The van der Waals surface area contributed by atoms with Crippen LogP contribution in [0.25, 0.3) is 0 Å². The number of carbonyl (C=O) groups is 1. The van der Waals surface area contributed by atoms with Gasteiger partial charge in [-0.1, -0.05) is 0 Å². The SMILES string of the molecule is O=C(O)c1ccc2c(c1[N+](=O)[O-])CCN2. The van der Waals surface area contributed by atoms with Gasteiger partial charge in [0.25, 0.3) is 5.69 Å². The molecule has 6 nitrogen and oxygen atoms in total. The van der Waals surface area contributed by atoms with Crippen LogP contribution >= 0.6 is 0 Å². The number of aromatic carboxylic acids is 1. The number of anilines is 1. The number of nitrogens with one attached hydrogen (secondary N) is 1. The monoisotopic (exact) mass is 208 g/mol. The van der Waals surface area contributed by atoms with Crippen LogP contribution in [-0.4, -0.2) is 22.5 Å². The van der Waals surface area contributed by atoms with Gasteiger partial charge >= 0.3 is 5.97 Å². The van der Waals surface area contributed by atoms with E-state index in [1.807, 2.05) is 0 Å². The highest BCUT2D eigenvalue weighted by Crippen LogP contribution is 2.33. The fraction of sp³-hybridized carbons (Fsp3) is 0.222. The molecule has 0 amide bonds. The standard InChI is InChI=1S/C9H8N2O4/c12-9(13)6-1-2-7-5(3-4-10-7)8(6)11(14)15/h1-2,10H,3-4H2,(H,12,13). The molecule has 0 aromatic heterocycles. The van der Waals surface area contributed by atoms with Crippen molar-refractivity contribution < 1.29 is 14.8 Å². The van der Waals surface area contributed by atoms with E-state index in [9.17, 15) is 14.9 Å². The third-order valence-corrected chi connectivity index (χ3v) is 2.39. The fourth-order valence-corrected chi connectivity index (χ4v) is 1.76. The van der Waals surface area contributed by atoms with Gasteiger partial charge in [-0.25, -0.2) is 4.79 Å². The van der Waals surface area contributed by atoms with Crippen LogP contribution in [0, 0.1) is 10.1 Å². The minimum atomic E-state index is -1.27. The van der Waals surface area contributed by atoms with E-state index in [1.54, 1.807) is 6.07 Å². The molecule has 0 saturated heterocycles. The number of rotatable bonds is 2. The predicted molar refractivity (Wildman–Crippen MR) is 52.2 cm³/mol. The summed E-state index contributed by atoms with van der Waals surface area (Å²) in [5, 5.41) is 22.6. The maximum atomic E-state index is 10.8. The number of benzene rings is 1.